The van der Waals surface area contributed by atoms with Crippen LogP contribution in [0, 0.1) is 5.82 Å². The van der Waals surface area contributed by atoms with Crippen LogP contribution in [-0.2, 0) is 35.7 Å². The first-order valence-corrected chi connectivity index (χ1v) is 9.71. The van der Waals surface area contributed by atoms with E-state index in [0.29, 0.717) is 23.6 Å². The third-order valence-electron chi connectivity index (χ3n) is 3.62. The number of halogens is 1. The number of aryl methyl sites for hydroxylation is 1. The van der Waals surface area contributed by atoms with E-state index in [9.17, 15) is 12.8 Å². The summed E-state index contributed by atoms with van der Waals surface area (Å²) in [5.41, 5.74) is 2.12. The van der Waals surface area contributed by atoms with Crippen molar-refractivity contribution in [3.8, 4) is 0 Å². The van der Waals surface area contributed by atoms with E-state index in [4.69, 9.17) is 0 Å². The number of benzene rings is 1. The second-order valence-corrected chi connectivity index (χ2v) is 7.85. The van der Waals surface area contributed by atoms with E-state index in [2.05, 4.69) is 20.7 Å². The van der Waals surface area contributed by atoms with Gasteiger partial charge in [-0.25, -0.2) is 12.8 Å². The molecule has 1 aromatic heterocycles. The Morgan fingerprint density at radius 2 is 1.96 bits per heavy atom. The number of nitrogens with zero attached hydrogens (tertiary/aromatic N) is 3. The van der Waals surface area contributed by atoms with Crippen LogP contribution < -0.4 is 10.6 Å². The molecule has 0 unspecified atom stereocenters. The van der Waals surface area contributed by atoms with Gasteiger partial charge in [0.1, 0.15) is 5.82 Å². The summed E-state index contributed by atoms with van der Waals surface area (Å²) in [5.74, 6) is -0.0200. The Labute approximate surface area is 146 Å². The highest BCUT2D eigenvalue weighted by atomic mass is 32.2. The largest absolute Gasteiger partial charge is 0.352 e. The first kappa shape index (κ1) is 18.9. The minimum atomic E-state index is -3.21. The van der Waals surface area contributed by atoms with Gasteiger partial charge in [0.2, 0.25) is 0 Å². The molecule has 1 heterocycles. The molecule has 7 nitrogen and oxygen atoms in total. The number of aliphatic imine (C=N–C) groups is 1. The summed E-state index contributed by atoms with van der Waals surface area (Å²) in [6.07, 6.45) is 2.86. The molecule has 1 aromatic carbocycles. The van der Waals surface area contributed by atoms with Crippen molar-refractivity contribution in [2.45, 2.75) is 18.8 Å². The number of rotatable bonds is 6. The van der Waals surface area contributed by atoms with Crippen LogP contribution in [0.15, 0.2) is 35.5 Å². The van der Waals surface area contributed by atoms with Gasteiger partial charge in [-0.2, -0.15) is 5.10 Å². The average molecular weight is 367 g/mol. The third kappa shape index (κ3) is 5.86. The zero-order valence-corrected chi connectivity index (χ0v) is 15.3. The summed E-state index contributed by atoms with van der Waals surface area (Å²) in [6.45, 7) is 0.781. The van der Waals surface area contributed by atoms with Crippen molar-refractivity contribution < 1.29 is 12.8 Å². The highest BCUT2D eigenvalue weighted by Gasteiger charge is 2.11. The maximum absolute atomic E-state index is 13.5. The topological polar surface area (TPSA) is 88.4 Å². The first-order valence-electron chi connectivity index (χ1n) is 7.65. The Bertz CT molecular complexity index is 861. The van der Waals surface area contributed by atoms with Gasteiger partial charge in [-0.15, -0.1) is 0 Å². The normalized spacial score (nSPS) is 12.2. The zero-order valence-electron chi connectivity index (χ0n) is 14.5. The molecule has 9 heteroatoms. The highest BCUT2D eigenvalue weighted by molar-refractivity contribution is 7.89. The summed E-state index contributed by atoms with van der Waals surface area (Å²) in [4.78, 5) is 4.11. The van der Waals surface area contributed by atoms with Gasteiger partial charge in [-0.1, -0.05) is 6.07 Å². The summed E-state index contributed by atoms with van der Waals surface area (Å²) in [7, 11) is 0.264. The van der Waals surface area contributed by atoms with Gasteiger partial charge in [0, 0.05) is 33.1 Å². The fourth-order valence-corrected chi connectivity index (χ4v) is 3.18. The van der Waals surface area contributed by atoms with Crippen LogP contribution in [0.3, 0.4) is 0 Å². The molecule has 136 valence electrons. The van der Waals surface area contributed by atoms with E-state index >= 15 is 0 Å². The quantitative estimate of drug-likeness (QED) is 0.587. The van der Waals surface area contributed by atoms with Gasteiger partial charge in [0.25, 0.3) is 0 Å². The molecule has 2 N–H and O–H groups in total. The van der Waals surface area contributed by atoms with Gasteiger partial charge in [0.15, 0.2) is 15.8 Å². The number of aromatic nitrogens is 2. The highest BCUT2D eigenvalue weighted by Crippen LogP contribution is 2.14. The second kappa shape index (κ2) is 8.11. The van der Waals surface area contributed by atoms with Gasteiger partial charge in [0.05, 0.1) is 18.0 Å². The van der Waals surface area contributed by atoms with Crippen LogP contribution in [-0.4, -0.2) is 37.5 Å². The van der Waals surface area contributed by atoms with Crippen molar-refractivity contribution in [2.24, 2.45) is 12.0 Å². The van der Waals surface area contributed by atoms with Crippen molar-refractivity contribution in [3.63, 3.8) is 0 Å². The lowest BCUT2D eigenvalue weighted by Crippen LogP contribution is -2.37. The zero-order chi connectivity index (χ0) is 18.4. The van der Waals surface area contributed by atoms with Crippen LogP contribution >= 0.6 is 0 Å². The standard InChI is InChI=1S/C16H22FN5O2S/c1-18-16(20-10-15-6-7-21-22(15)2)19-9-13-8-14(17)5-4-12(13)11-25(3,23)24/h4-8H,9-11H2,1-3H3,(H2,18,19,20). The molecule has 0 spiro atoms. The van der Waals surface area contributed by atoms with E-state index in [0.717, 1.165) is 11.9 Å². The number of hydrogen-bond donors (Lipinski definition) is 2. The summed E-state index contributed by atoms with van der Waals surface area (Å²) in [5, 5.41) is 10.3. The molecule has 0 atom stereocenters. The van der Waals surface area contributed by atoms with Crippen LogP contribution in [0.25, 0.3) is 0 Å². The fraction of sp³-hybridized carbons (Fsp3) is 0.375. The molecule has 0 saturated carbocycles. The Morgan fingerprint density at radius 1 is 1.24 bits per heavy atom. The van der Waals surface area contributed by atoms with Crippen molar-refractivity contribution in [2.75, 3.05) is 13.3 Å². The predicted molar refractivity (Wildman–Crippen MR) is 95.2 cm³/mol. The SMILES string of the molecule is CN=C(NCc1cc(F)ccc1CS(C)(=O)=O)NCc1ccnn1C. The molecule has 0 saturated heterocycles. The maximum Gasteiger partial charge on any atom is 0.191 e. The number of sulfone groups is 1. The summed E-state index contributed by atoms with van der Waals surface area (Å²) in [6, 6.07) is 5.98. The Hall–Kier alpha value is -2.42. The number of hydrogen-bond acceptors (Lipinski definition) is 4. The van der Waals surface area contributed by atoms with Crippen molar-refractivity contribution in [1.29, 1.82) is 0 Å². The average Bonchev–Trinajstić information content (AvgIpc) is 2.94. The van der Waals surface area contributed by atoms with Crippen LogP contribution in [0.4, 0.5) is 4.39 Å². The van der Waals surface area contributed by atoms with E-state index in [1.54, 1.807) is 17.9 Å². The molecule has 25 heavy (non-hydrogen) atoms. The molecule has 0 aliphatic rings. The molecule has 0 bridgehead atoms. The maximum atomic E-state index is 13.5. The Balaban J connectivity index is 2.03. The fourth-order valence-electron chi connectivity index (χ4n) is 2.33. The van der Waals surface area contributed by atoms with Crippen molar-refractivity contribution >= 4 is 15.8 Å². The lowest BCUT2D eigenvalue weighted by molar-refractivity contribution is 0.599. The van der Waals surface area contributed by atoms with E-state index in [1.165, 1.54) is 18.2 Å². The summed E-state index contributed by atoms with van der Waals surface area (Å²) < 4.78 is 38.4. The molecule has 0 aliphatic heterocycles. The van der Waals surface area contributed by atoms with Crippen LogP contribution in [0.5, 0.6) is 0 Å². The van der Waals surface area contributed by atoms with E-state index < -0.39 is 15.7 Å². The van der Waals surface area contributed by atoms with E-state index in [1.807, 2.05) is 13.1 Å². The minimum absolute atomic E-state index is 0.134. The first-order chi connectivity index (χ1) is 11.8. The van der Waals surface area contributed by atoms with E-state index in [-0.39, 0.29) is 12.3 Å². The minimum Gasteiger partial charge on any atom is -0.352 e. The smallest absolute Gasteiger partial charge is 0.191 e. The van der Waals surface area contributed by atoms with Crippen LogP contribution in [0.1, 0.15) is 16.8 Å². The molecular weight excluding hydrogens is 345 g/mol. The molecule has 0 amide bonds. The molecule has 2 rings (SSSR count). The van der Waals surface area contributed by atoms with Gasteiger partial charge >= 0.3 is 0 Å². The van der Waals surface area contributed by atoms with Crippen molar-refractivity contribution in [1.82, 2.24) is 20.4 Å². The monoisotopic (exact) mass is 367 g/mol. The van der Waals surface area contributed by atoms with Crippen LogP contribution in [0.2, 0.25) is 0 Å². The molecule has 2 aromatic rings. The second-order valence-electron chi connectivity index (χ2n) is 5.71. The Kier molecular flexibility index (Phi) is 6.13. The summed E-state index contributed by atoms with van der Waals surface area (Å²) >= 11 is 0. The van der Waals surface area contributed by atoms with Gasteiger partial charge in [-0.05, 0) is 29.3 Å². The Morgan fingerprint density at radius 3 is 2.56 bits per heavy atom. The molecule has 0 radical (unpaired) electrons. The molecular formula is C16H22FN5O2S. The number of guanidine groups is 1. The molecule has 0 aliphatic carbocycles. The van der Waals surface area contributed by atoms with Gasteiger partial charge < -0.3 is 10.6 Å². The van der Waals surface area contributed by atoms with Crippen molar-refractivity contribution in [3.05, 3.63) is 53.1 Å². The van der Waals surface area contributed by atoms with Gasteiger partial charge in [-0.3, -0.25) is 9.67 Å². The number of nitrogens with one attached hydrogen (secondary N) is 2. The third-order valence-corrected chi connectivity index (χ3v) is 4.45. The predicted octanol–water partition coefficient (Wildman–Crippen LogP) is 0.969. The molecule has 0 fully saturated rings. The lowest BCUT2D eigenvalue weighted by atomic mass is 10.1. The lowest BCUT2D eigenvalue weighted by Gasteiger charge is -2.14.